The maximum absolute atomic E-state index is 12.4. The SMILES string of the molecule is COc1nn(C)cc1C(=O)N1CC2CC1CS2. The van der Waals surface area contributed by atoms with Crippen LogP contribution in [0.25, 0.3) is 0 Å². The Morgan fingerprint density at radius 1 is 1.65 bits per heavy atom. The lowest BCUT2D eigenvalue weighted by Crippen LogP contribution is -2.39. The van der Waals surface area contributed by atoms with Gasteiger partial charge in [-0.2, -0.15) is 11.8 Å². The fraction of sp³-hybridized carbons (Fsp3) is 0.636. The molecule has 3 heterocycles. The highest BCUT2D eigenvalue weighted by Gasteiger charge is 2.42. The Morgan fingerprint density at radius 3 is 3.06 bits per heavy atom. The summed E-state index contributed by atoms with van der Waals surface area (Å²) in [6, 6.07) is 0.405. The van der Waals surface area contributed by atoms with Crippen LogP contribution >= 0.6 is 11.8 Å². The number of aromatic nitrogens is 2. The second-order valence-corrected chi connectivity index (χ2v) is 5.86. The molecule has 0 spiro atoms. The first kappa shape index (κ1) is 11.0. The summed E-state index contributed by atoms with van der Waals surface area (Å²) in [7, 11) is 3.34. The molecule has 0 radical (unpaired) electrons. The van der Waals surface area contributed by atoms with Crippen LogP contribution in [-0.4, -0.2) is 51.3 Å². The molecule has 17 heavy (non-hydrogen) atoms. The van der Waals surface area contributed by atoms with Crippen LogP contribution in [0.4, 0.5) is 0 Å². The molecule has 6 heteroatoms. The van der Waals surface area contributed by atoms with Crippen molar-refractivity contribution in [2.45, 2.75) is 17.7 Å². The Balaban J connectivity index is 1.86. The molecule has 0 saturated carbocycles. The van der Waals surface area contributed by atoms with Crippen LogP contribution in [0.15, 0.2) is 6.20 Å². The van der Waals surface area contributed by atoms with E-state index < -0.39 is 0 Å². The highest BCUT2D eigenvalue weighted by molar-refractivity contribution is 8.00. The van der Waals surface area contributed by atoms with Crippen molar-refractivity contribution in [1.82, 2.24) is 14.7 Å². The Labute approximate surface area is 104 Å². The first-order valence-corrected chi connectivity index (χ1v) is 6.74. The van der Waals surface area contributed by atoms with Gasteiger partial charge in [-0.25, -0.2) is 0 Å². The Kier molecular flexibility index (Phi) is 2.54. The number of thioether (sulfide) groups is 1. The van der Waals surface area contributed by atoms with E-state index >= 15 is 0 Å². The van der Waals surface area contributed by atoms with E-state index in [1.54, 1.807) is 25.0 Å². The first-order valence-electron chi connectivity index (χ1n) is 5.69. The summed E-state index contributed by atoms with van der Waals surface area (Å²) in [5.41, 5.74) is 0.576. The Morgan fingerprint density at radius 2 is 2.47 bits per heavy atom. The van der Waals surface area contributed by atoms with Crippen molar-refractivity contribution in [2.75, 3.05) is 19.4 Å². The predicted octanol–water partition coefficient (Wildman–Crippen LogP) is 0.759. The fourth-order valence-electron chi connectivity index (χ4n) is 2.57. The second-order valence-electron chi connectivity index (χ2n) is 4.53. The number of hydrogen-bond donors (Lipinski definition) is 0. The van der Waals surface area contributed by atoms with Crippen molar-refractivity contribution in [3.8, 4) is 5.88 Å². The minimum Gasteiger partial charge on any atom is -0.479 e. The summed E-state index contributed by atoms with van der Waals surface area (Å²) in [6.07, 6.45) is 2.87. The molecule has 1 amide bonds. The van der Waals surface area contributed by atoms with Crippen molar-refractivity contribution in [1.29, 1.82) is 0 Å². The highest BCUT2D eigenvalue weighted by Crippen LogP contribution is 2.38. The molecular formula is C11H15N3O2S. The van der Waals surface area contributed by atoms with Gasteiger partial charge in [-0.3, -0.25) is 9.48 Å². The quantitative estimate of drug-likeness (QED) is 0.780. The summed E-state index contributed by atoms with van der Waals surface area (Å²) >= 11 is 1.98. The lowest BCUT2D eigenvalue weighted by atomic mass is 10.2. The Hall–Kier alpha value is -1.17. The summed E-state index contributed by atoms with van der Waals surface area (Å²) in [6.45, 7) is 0.867. The van der Waals surface area contributed by atoms with Crippen LogP contribution in [0, 0.1) is 0 Å². The number of carbonyl (C=O) groups excluding carboxylic acids is 1. The summed E-state index contributed by atoms with van der Waals surface area (Å²) in [4.78, 5) is 14.4. The number of aryl methyl sites for hydroxylation is 1. The predicted molar refractivity (Wildman–Crippen MR) is 65.4 cm³/mol. The van der Waals surface area contributed by atoms with Gasteiger partial charge in [0.15, 0.2) is 0 Å². The van der Waals surface area contributed by atoms with Gasteiger partial charge in [0, 0.05) is 36.8 Å². The number of likely N-dealkylation sites (tertiary alicyclic amines) is 1. The molecule has 0 aromatic carbocycles. The van der Waals surface area contributed by atoms with E-state index in [1.807, 2.05) is 16.7 Å². The number of carbonyl (C=O) groups is 1. The van der Waals surface area contributed by atoms with Crippen LogP contribution in [0.5, 0.6) is 5.88 Å². The average Bonchev–Trinajstić information content (AvgIpc) is 3.01. The molecule has 1 aromatic heterocycles. The molecule has 5 nitrogen and oxygen atoms in total. The van der Waals surface area contributed by atoms with Gasteiger partial charge in [-0.15, -0.1) is 5.10 Å². The lowest BCUT2D eigenvalue weighted by Gasteiger charge is -2.26. The lowest BCUT2D eigenvalue weighted by molar-refractivity contribution is 0.0744. The zero-order chi connectivity index (χ0) is 12.0. The topological polar surface area (TPSA) is 47.4 Å². The molecule has 92 valence electrons. The summed E-state index contributed by atoms with van der Waals surface area (Å²) in [5, 5.41) is 4.76. The zero-order valence-electron chi connectivity index (χ0n) is 9.92. The number of methoxy groups -OCH3 is 1. The third kappa shape index (κ3) is 1.71. The van der Waals surface area contributed by atoms with Gasteiger partial charge >= 0.3 is 0 Å². The summed E-state index contributed by atoms with van der Waals surface area (Å²) in [5.74, 6) is 1.55. The monoisotopic (exact) mass is 253 g/mol. The number of fused-ring (bicyclic) bond motifs is 2. The van der Waals surface area contributed by atoms with E-state index in [9.17, 15) is 4.79 Å². The largest absolute Gasteiger partial charge is 0.479 e. The minimum absolute atomic E-state index is 0.0581. The van der Waals surface area contributed by atoms with Gasteiger partial charge in [0.05, 0.1) is 7.11 Å². The third-order valence-electron chi connectivity index (χ3n) is 3.38. The van der Waals surface area contributed by atoms with E-state index in [-0.39, 0.29) is 5.91 Å². The molecule has 3 rings (SSSR count). The molecule has 2 atom stereocenters. The van der Waals surface area contributed by atoms with Crippen LogP contribution in [0.1, 0.15) is 16.8 Å². The number of amides is 1. The van der Waals surface area contributed by atoms with Gasteiger partial charge in [0.1, 0.15) is 5.56 Å². The number of rotatable bonds is 2. The van der Waals surface area contributed by atoms with Crippen LogP contribution < -0.4 is 4.74 Å². The molecular weight excluding hydrogens is 238 g/mol. The van der Waals surface area contributed by atoms with E-state index in [0.29, 0.717) is 22.7 Å². The van der Waals surface area contributed by atoms with Crippen molar-refractivity contribution in [3.63, 3.8) is 0 Å². The van der Waals surface area contributed by atoms with Gasteiger partial charge < -0.3 is 9.64 Å². The van der Waals surface area contributed by atoms with Crippen molar-refractivity contribution < 1.29 is 9.53 Å². The van der Waals surface area contributed by atoms with Gasteiger partial charge in [0.25, 0.3) is 5.91 Å². The second kappa shape index (κ2) is 3.94. The molecule has 2 bridgehead atoms. The van der Waals surface area contributed by atoms with E-state index in [1.165, 1.54) is 0 Å². The van der Waals surface area contributed by atoms with Crippen molar-refractivity contribution >= 4 is 17.7 Å². The number of nitrogens with zero attached hydrogens (tertiary/aromatic N) is 3. The molecule has 0 N–H and O–H groups in total. The zero-order valence-corrected chi connectivity index (χ0v) is 10.7. The number of hydrogen-bond acceptors (Lipinski definition) is 4. The molecule has 2 aliphatic heterocycles. The van der Waals surface area contributed by atoms with Gasteiger partial charge in [-0.05, 0) is 6.42 Å². The standard InChI is InChI=1S/C11H15N3O2S/c1-13-5-9(10(12-13)16-2)11(15)14-4-8-3-7(14)6-17-8/h5,7-8H,3-4,6H2,1-2H3. The van der Waals surface area contributed by atoms with Crippen LogP contribution in [-0.2, 0) is 7.05 Å². The first-order chi connectivity index (χ1) is 8.19. The van der Waals surface area contributed by atoms with E-state index in [0.717, 1.165) is 18.7 Å². The summed E-state index contributed by atoms with van der Waals surface area (Å²) < 4.78 is 6.76. The smallest absolute Gasteiger partial charge is 0.261 e. The van der Waals surface area contributed by atoms with E-state index in [2.05, 4.69) is 5.10 Å². The van der Waals surface area contributed by atoms with Gasteiger partial charge in [-0.1, -0.05) is 0 Å². The third-order valence-corrected chi connectivity index (χ3v) is 4.77. The average molecular weight is 253 g/mol. The van der Waals surface area contributed by atoms with Crippen LogP contribution in [0.2, 0.25) is 0 Å². The molecule has 2 aliphatic rings. The highest BCUT2D eigenvalue weighted by atomic mass is 32.2. The molecule has 2 unspecified atom stereocenters. The maximum atomic E-state index is 12.4. The fourth-order valence-corrected chi connectivity index (χ4v) is 4.00. The Bertz CT molecular complexity index is 460. The molecule has 1 aromatic rings. The minimum atomic E-state index is 0.0581. The normalized spacial score (nSPS) is 26.6. The van der Waals surface area contributed by atoms with E-state index in [4.69, 9.17) is 4.74 Å². The molecule has 2 fully saturated rings. The number of ether oxygens (including phenoxy) is 1. The van der Waals surface area contributed by atoms with Gasteiger partial charge in [0.2, 0.25) is 5.88 Å². The molecule has 0 aliphatic carbocycles. The molecule has 2 saturated heterocycles. The van der Waals surface area contributed by atoms with Crippen molar-refractivity contribution in [3.05, 3.63) is 11.8 Å². The van der Waals surface area contributed by atoms with Crippen LogP contribution in [0.3, 0.4) is 0 Å². The van der Waals surface area contributed by atoms with Crippen molar-refractivity contribution in [2.24, 2.45) is 7.05 Å². The maximum Gasteiger partial charge on any atom is 0.261 e.